The van der Waals surface area contributed by atoms with E-state index in [4.69, 9.17) is 0 Å². The average molecular weight is 369 g/mol. The molecule has 2 amide bonds. The first-order valence-electron chi connectivity index (χ1n) is 8.32. The summed E-state index contributed by atoms with van der Waals surface area (Å²) in [6, 6.07) is 13.2. The van der Waals surface area contributed by atoms with Crippen LogP contribution in [0.5, 0.6) is 0 Å². The summed E-state index contributed by atoms with van der Waals surface area (Å²) >= 11 is 1.38. The van der Waals surface area contributed by atoms with Crippen LogP contribution in [0.4, 0.5) is 9.52 Å². The number of benzene rings is 2. The first kappa shape index (κ1) is 16.7. The van der Waals surface area contributed by atoms with Crippen molar-refractivity contribution in [1.82, 2.24) is 9.88 Å². The molecule has 132 valence electrons. The molecule has 0 radical (unpaired) electrons. The number of thiazole rings is 1. The van der Waals surface area contributed by atoms with Gasteiger partial charge in [-0.15, -0.1) is 0 Å². The highest BCUT2D eigenvalue weighted by molar-refractivity contribution is 7.22. The fourth-order valence-electron chi connectivity index (χ4n) is 2.99. The molecule has 3 aromatic rings. The molecule has 1 aromatic heterocycles. The van der Waals surface area contributed by atoms with Crippen LogP contribution in [0.2, 0.25) is 0 Å². The van der Waals surface area contributed by atoms with Crippen LogP contribution >= 0.6 is 11.3 Å². The van der Waals surface area contributed by atoms with E-state index in [1.54, 1.807) is 11.0 Å². The maximum atomic E-state index is 13.6. The summed E-state index contributed by atoms with van der Waals surface area (Å²) < 4.78 is 14.5. The molecular weight excluding hydrogens is 353 g/mol. The van der Waals surface area contributed by atoms with Crippen molar-refractivity contribution < 1.29 is 14.0 Å². The quantitative estimate of drug-likeness (QED) is 0.705. The number of fused-ring (bicyclic) bond motifs is 1. The second kappa shape index (κ2) is 6.84. The fraction of sp³-hybridized carbons (Fsp3) is 0.211. The molecule has 0 bridgehead atoms. The third kappa shape index (κ3) is 3.17. The zero-order valence-electron chi connectivity index (χ0n) is 13.9. The van der Waals surface area contributed by atoms with E-state index in [1.165, 1.54) is 34.4 Å². The minimum absolute atomic E-state index is 0.0168. The monoisotopic (exact) mass is 369 g/mol. The van der Waals surface area contributed by atoms with Crippen LogP contribution < -0.4 is 4.90 Å². The minimum Gasteiger partial charge on any atom is -0.324 e. The Bertz CT molecular complexity index is 955. The number of amides is 2. The summed E-state index contributed by atoms with van der Waals surface area (Å²) in [4.78, 5) is 32.7. The third-order valence-electron chi connectivity index (χ3n) is 4.31. The third-order valence-corrected chi connectivity index (χ3v) is 5.37. The zero-order valence-corrected chi connectivity index (χ0v) is 14.7. The molecule has 0 atom stereocenters. The van der Waals surface area contributed by atoms with E-state index >= 15 is 0 Å². The molecule has 2 aromatic carbocycles. The fourth-order valence-corrected chi connectivity index (χ4v) is 3.95. The van der Waals surface area contributed by atoms with E-state index < -0.39 is 5.82 Å². The lowest BCUT2D eigenvalue weighted by Gasteiger charge is -2.26. The molecule has 0 N–H and O–H groups in total. The van der Waals surface area contributed by atoms with Crippen LogP contribution in [0.25, 0.3) is 10.2 Å². The first-order valence-corrected chi connectivity index (χ1v) is 9.14. The molecule has 4 rings (SSSR count). The topological polar surface area (TPSA) is 53.5 Å². The molecule has 1 aliphatic heterocycles. The lowest BCUT2D eigenvalue weighted by atomic mass is 10.2. The maximum Gasteiger partial charge on any atom is 0.261 e. The van der Waals surface area contributed by atoms with Crippen molar-refractivity contribution >= 4 is 38.5 Å². The van der Waals surface area contributed by atoms with Crippen molar-refractivity contribution in [2.45, 2.75) is 12.8 Å². The van der Waals surface area contributed by atoms with E-state index in [0.29, 0.717) is 18.1 Å². The van der Waals surface area contributed by atoms with Crippen molar-refractivity contribution in [2.24, 2.45) is 0 Å². The molecular formula is C19H16FN3O2S. The molecule has 1 aliphatic rings. The van der Waals surface area contributed by atoms with Gasteiger partial charge in [-0.1, -0.05) is 29.5 Å². The molecule has 1 saturated heterocycles. The van der Waals surface area contributed by atoms with Gasteiger partial charge in [0.05, 0.1) is 10.2 Å². The van der Waals surface area contributed by atoms with Gasteiger partial charge in [0.25, 0.3) is 5.91 Å². The molecule has 2 heterocycles. The normalized spacial score (nSPS) is 14.2. The highest BCUT2D eigenvalue weighted by Gasteiger charge is 2.28. The molecule has 7 heteroatoms. The molecule has 0 unspecified atom stereocenters. The average Bonchev–Trinajstić information content (AvgIpc) is 3.24. The van der Waals surface area contributed by atoms with Gasteiger partial charge in [0, 0.05) is 18.5 Å². The Morgan fingerprint density at radius 1 is 1.23 bits per heavy atom. The van der Waals surface area contributed by atoms with Gasteiger partial charge in [0.15, 0.2) is 5.13 Å². The number of hydrogen-bond acceptors (Lipinski definition) is 4. The van der Waals surface area contributed by atoms with E-state index in [-0.39, 0.29) is 24.0 Å². The number of carbonyl (C=O) groups is 2. The van der Waals surface area contributed by atoms with Gasteiger partial charge in [-0.3, -0.25) is 14.5 Å². The summed E-state index contributed by atoms with van der Waals surface area (Å²) in [5, 5.41) is 0.500. The predicted molar refractivity (Wildman–Crippen MR) is 98.6 cm³/mol. The summed E-state index contributed by atoms with van der Waals surface area (Å²) in [5.41, 5.74) is 1.02. The smallest absolute Gasteiger partial charge is 0.261 e. The highest BCUT2D eigenvalue weighted by atomic mass is 32.1. The molecule has 0 saturated carbocycles. The van der Waals surface area contributed by atoms with E-state index in [1.807, 2.05) is 24.3 Å². The van der Waals surface area contributed by atoms with Gasteiger partial charge < -0.3 is 4.90 Å². The standard InChI is InChI=1S/C19H16FN3O2S/c20-14-6-3-5-13(11-14)18(25)23(12-22-10-4-9-17(22)24)19-21-15-7-1-2-8-16(15)26-19/h1-3,5-8,11H,4,9-10,12H2. The number of likely N-dealkylation sites (tertiary alicyclic amines) is 1. The van der Waals surface area contributed by atoms with Crippen LogP contribution in [0.1, 0.15) is 23.2 Å². The largest absolute Gasteiger partial charge is 0.324 e. The van der Waals surface area contributed by atoms with Crippen LogP contribution in [-0.4, -0.2) is 34.9 Å². The SMILES string of the molecule is O=C1CCCN1CN(C(=O)c1cccc(F)c1)c1nc2ccccc2s1. The number of para-hydroxylation sites is 1. The minimum atomic E-state index is -0.475. The summed E-state index contributed by atoms with van der Waals surface area (Å²) in [7, 11) is 0. The summed E-state index contributed by atoms with van der Waals surface area (Å²) in [5.74, 6) is -0.830. The lowest BCUT2D eigenvalue weighted by molar-refractivity contribution is -0.127. The number of hydrogen-bond donors (Lipinski definition) is 0. The van der Waals surface area contributed by atoms with Crippen LogP contribution in [0.3, 0.4) is 0 Å². The zero-order chi connectivity index (χ0) is 18.1. The van der Waals surface area contributed by atoms with Gasteiger partial charge in [-0.25, -0.2) is 9.37 Å². The predicted octanol–water partition coefficient (Wildman–Crippen LogP) is 3.66. The van der Waals surface area contributed by atoms with Crippen LogP contribution in [0.15, 0.2) is 48.5 Å². The Hall–Kier alpha value is -2.80. The second-order valence-electron chi connectivity index (χ2n) is 6.11. The number of nitrogens with zero attached hydrogens (tertiary/aromatic N) is 3. The Labute approximate surface area is 153 Å². The Kier molecular flexibility index (Phi) is 4.38. The van der Waals surface area contributed by atoms with Crippen LogP contribution in [-0.2, 0) is 4.79 Å². The second-order valence-corrected chi connectivity index (χ2v) is 7.12. The number of aromatic nitrogens is 1. The van der Waals surface area contributed by atoms with Crippen molar-refractivity contribution in [2.75, 3.05) is 18.1 Å². The number of halogens is 1. The van der Waals surface area contributed by atoms with Gasteiger partial charge in [-0.2, -0.15) is 0 Å². The first-order chi connectivity index (χ1) is 12.6. The lowest BCUT2D eigenvalue weighted by Crippen LogP contribution is -2.42. The molecule has 5 nitrogen and oxygen atoms in total. The highest BCUT2D eigenvalue weighted by Crippen LogP contribution is 2.30. The van der Waals surface area contributed by atoms with Gasteiger partial charge in [-0.05, 0) is 36.8 Å². The Morgan fingerprint density at radius 2 is 2.08 bits per heavy atom. The van der Waals surface area contributed by atoms with Gasteiger partial charge in [0.1, 0.15) is 12.5 Å². The molecule has 1 fully saturated rings. The number of carbonyl (C=O) groups excluding carboxylic acids is 2. The maximum absolute atomic E-state index is 13.6. The van der Waals surface area contributed by atoms with Gasteiger partial charge in [0.2, 0.25) is 5.91 Å². The van der Waals surface area contributed by atoms with Crippen molar-refractivity contribution in [3.05, 3.63) is 59.9 Å². The molecule has 26 heavy (non-hydrogen) atoms. The number of rotatable bonds is 4. The Balaban J connectivity index is 1.73. The van der Waals surface area contributed by atoms with Crippen LogP contribution in [0, 0.1) is 5.82 Å². The van der Waals surface area contributed by atoms with Crippen molar-refractivity contribution in [3.8, 4) is 0 Å². The molecule has 0 spiro atoms. The summed E-state index contributed by atoms with van der Waals surface area (Å²) in [6.07, 6.45) is 1.27. The molecule has 0 aliphatic carbocycles. The van der Waals surface area contributed by atoms with E-state index in [9.17, 15) is 14.0 Å². The van der Waals surface area contributed by atoms with E-state index in [2.05, 4.69) is 4.98 Å². The number of anilines is 1. The van der Waals surface area contributed by atoms with Crippen molar-refractivity contribution in [3.63, 3.8) is 0 Å². The Morgan fingerprint density at radius 3 is 2.81 bits per heavy atom. The van der Waals surface area contributed by atoms with E-state index in [0.717, 1.165) is 16.6 Å². The summed E-state index contributed by atoms with van der Waals surface area (Å²) in [6.45, 7) is 0.727. The van der Waals surface area contributed by atoms with Crippen molar-refractivity contribution in [1.29, 1.82) is 0 Å². The van der Waals surface area contributed by atoms with Gasteiger partial charge >= 0.3 is 0 Å².